The van der Waals surface area contributed by atoms with E-state index >= 15 is 0 Å². The van der Waals surface area contributed by atoms with Crippen molar-refractivity contribution in [3.8, 4) is 0 Å². The third-order valence-corrected chi connectivity index (χ3v) is 4.36. The number of hydrogen-bond acceptors (Lipinski definition) is 5. The van der Waals surface area contributed by atoms with Gasteiger partial charge in [-0.25, -0.2) is 9.97 Å². The number of hydrogen-bond donors (Lipinski definition) is 2. The lowest BCUT2D eigenvalue weighted by molar-refractivity contribution is 0.274. The van der Waals surface area contributed by atoms with Crippen LogP contribution in [0.25, 0.3) is 0 Å². The van der Waals surface area contributed by atoms with Gasteiger partial charge in [-0.05, 0) is 30.9 Å². The van der Waals surface area contributed by atoms with Crippen LogP contribution in [0, 0.1) is 11.8 Å². The van der Waals surface area contributed by atoms with Crippen molar-refractivity contribution in [3.05, 3.63) is 6.07 Å². The topological polar surface area (TPSA) is 63.8 Å². The average molecular weight is 280 g/mol. The van der Waals surface area contributed by atoms with Gasteiger partial charge in [0.15, 0.2) is 5.16 Å². The summed E-state index contributed by atoms with van der Waals surface area (Å²) in [6.45, 7) is 3.34. The van der Waals surface area contributed by atoms with Gasteiger partial charge in [0, 0.05) is 12.6 Å². The molecule has 2 atom stereocenters. The van der Waals surface area contributed by atoms with E-state index in [9.17, 15) is 0 Å². The zero-order chi connectivity index (χ0) is 13.7. The van der Waals surface area contributed by atoms with E-state index in [-0.39, 0.29) is 0 Å². The second-order valence-electron chi connectivity index (χ2n) is 5.52. The number of anilines is 2. The number of nitrogen functional groups attached to an aromatic ring is 1. The van der Waals surface area contributed by atoms with Gasteiger partial charge < -0.3 is 11.1 Å². The molecule has 0 amide bonds. The molecule has 4 nitrogen and oxygen atoms in total. The van der Waals surface area contributed by atoms with Crippen LogP contribution in [0.1, 0.15) is 39.0 Å². The molecule has 1 saturated carbocycles. The van der Waals surface area contributed by atoms with Crippen LogP contribution in [0.2, 0.25) is 0 Å². The molecule has 0 bridgehead atoms. The van der Waals surface area contributed by atoms with Crippen molar-refractivity contribution >= 4 is 23.4 Å². The van der Waals surface area contributed by atoms with Crippen LogP contribution in [-0.2, 0) is 0 Å². The molecule has 0 saturated heterocycles. The Balaban J connectivity index is 1.80. The van der Waals surface area contributed by atoms with E-state index in [0.717, 1.165) is 29.4 Å². The van der Waals surface area contributed by atoms with E-state index in [1.54, 1.807) is 0 Å². The number of nitrogens with zero attached hydrogens (tertiary/aromatic N) is 2. The number of aromatic nitrogens is 2. The number of thioether (sulfide) groups is 1. The van der Waals surface area contributed by atoms with Crippen LogP contribution < -0.4 is 11.1 Å². The zero-order valence-electron chi connectivity index (χ0n) is 11.9. The van der Waals surface area contributed by atoms with E-state index in [2.05, 4.69) is 22.2 Å². The Bertz CT molecular complexity index is 410. The maximum Gasteiger partial charge on any atom is 0.191 e. The van der Waals surface area contributed by atoms with Crippen molar-refractivity contribution in [2.24, 2.45) is 11.8 Å². The number of nitrogens with two attached hydrogens (primary N) is 1. The molecule has 19 heavy (non-hydrogen) atoms. The van der Waals surface area contributed by atoms with Crippen LogP contribution in [0.5, 0.6) is 0 Å². The summed E-state index contributed by atoms with van der Waals surface area (Å²) < 4.78 is 0. The Morgan fingerprint density at radius 1 is 1.42 bits per heavy atom. The molecule has 1 fully saturated rings. The van der Waals surface area contributed by atoms with Crippen molar-refractivity contribution in [1.82, 2.24) is 9.97 Å². The molecule has 5 heteroatoms. The Kier molecular flexibility index (Phi) is 5.31. The lowest BCUT2D eigenvalue weighted by Gasteiger charge is -2.26. The second kappa shape index (κ2) is 6.98. The lowest BCUT2D eigenvalue weighted by Crippen LogP contribution is -2.17. The quantitative estimate of drug-likeness (QED) is 0.639. The maximum atomic E-state index is 5.76. The monoisotopic (exact) mass is 280 g/mol. The molecule has 1 aliphatic carbocycles. The fraction of sp³-hybridized carbons (Fsp3) is 0.714. The lowest BCUT2D eigenvalue weighted by atomic mass is 9.81. The highest BCUT2D eigenvalue weighted by Crippen LogP contribution is 2.30. The van der Waals surface area contributed by atoms with E-state index in [1.807, 2.05) is 12.3 Å². The van der Waals surface area contributed by atoms with E-state index < -0.39 is 0 Å². The summed E-state index contributed by atoms with van der Waals surface area (Å²) in [4.78, 5) is 8.56. The van der Waals surface area contributed by atoms with Crippen LogP contribution >= 0.6 is 11.8 Å². The smallest absolute Gasteiger partial charge is 0.191 e. The summed E-state index contributed by atoms with van der Waals surface area (Å²) >= 11 is 1.52. The summed E-state index contributed by atoms with van der Waals surface area (Å²) in [6, 6.07) is 1.81. The van der Waals surface area contributed by atoms with Crippen LogP contribution in [0.4, 0.5) is 11.6 Å². The highest BCUT2D eigenvalue weighted by atomic mass is 32.2. The predicted molar refractivity (Wildman–Crippen MR) is 82.5 cm³/mol. The predicted octanol–water partition coefficient (Wildman–Crippen LogP) is 3.41. The molecule has 1 aromatic rings. The Morgan fingerprint density at radius 3 is 3.00 bits per heavy atom. The van der Waals surface area contributed by atoms with Crippen LogP contribution in [-0.4, -0.2) is 22.8 Å². The molecule has 3 N–H and O–H groups in total. The molecule has 1 aliphatic rings. The van der Waals surface area contributed by atoms with Crippen molar-refractivity contribution < 1.29 is 0 Å². The van der Waals surface area contributed by atoms with Gasteiger partial charge in [0.1, 0.15) is 11.6 Å². The summed E-state index contributed by atoms with van der Waals surface area (Å²) in [7, 11) is 0. The first-order valence-corrected chi connectivity index (χ1v) is 8.32. The van der Waals surface area contributed by atoms with Crippen LogP contribution in [0.15, 0.2) is 11.2 Å². The van der Waals surface area contributed by atoms with Crippen molar-refractivity contribution in [2.75, 3.05) is 23.9 Å². The van der Waals surface area contributed by atoms with E-state index in [0.29, 0.717) is 5.82 Å². The van der Waals surface area contributed by atoms with Gasteiger partial charge in [0.2, 0.25) is 0 Å². The molecular weight excluding hydrogens is 256 g/mol. The molecule has 0 aromatic carbocycles. The molecule has 1 heterocycles. The Morgan fingerprint density at radius 2 is 2.26 bits per heavy atom. The number of nitrogens with one attached hydrogen (secondary N) is 1. The average Bonchev–Trinajstić information content (AvgIpc) is 2.38. The molecule has 2 unspecified atom stereocenters. The molecule has 0 aliphatic heterocycles. The van der Waals surface area contributed by atoms with Gasteiger partial charge in [-0.1, -0.05) is 37.9 Å². The minimum Gasteiger partial charge on any atom is -0.383 e. The van der Waals surface area contributed by atoms with E-state index in [1.165, 1.54) is 43.9 Å². The second-order valence-corrected chi connectivity index (χ2v) is 6.29. The Hall–Kier alpha value is -0.970. The molecule has 1 aromatic heterocycles. The third-order valence-electron chi connectivity index (χ3n) is 3.81. The molecule has 0 radical (unpaired) electrons. The largest absolute Gasteiger partial charge is 0.383 e. The van der Waals surface area contributed by atoms with Crippen molar-refractivity contribution in [3.63, 3.8) is 0 Å². The van der Waals surface area contributed by atoms with Gasteiger partial charge in [0.05, 0.1) is 0 Å². The standard InChI is InChI=1S/C14H24N4S/c1-10-4-3-5-11(8-10)6-7-16-13-9-12(15)17-14(18-13)19-2/h9-11H,3-8H2,1-2H3,(H3,15,16,17,18). The summed E-state index contributed by atoms with van der Waals surface area (Å²) in [5, 5.41) is 4.11. The van der Waals surface area contributed by atoms with Gasteiger partial charge >= 0.3 is 0 Å². The SMILES string of the molecule is CSc1nc(N)cc(NCCC2CCCC(C)C2)n1. The van der Waals surface area contributed by atoms with Gasteiger partial charge in [0.25, 0.3) is 0 Å². The first kappa shape index (κ1) is 14.4. The first-order valence-electron chi connectivity index (χ1n) is 7.09. The highest BCUT2D eigenvalue weighted by molar-refractivity contribution is 7.98. The molecule has 0 spiro atoms. The minimum absolute atomic E-state index is 0.535. The van der Waals surface area contributed by atoms with Crippen molar-refractivity contribution in [2.45, 2.75) is 44.2 Å². The van der Waals surface area contributed by atoms with Crippen molar-refractivity contribution in [1.29, 1.82) is 0 Å². The molecule has 106 valence electrons. The Labute approximate surface area is 120 Å². The summed E-state index contributed by atoms with van der Waals surface area (Å²) in [5.41, 5.74) is 5.76. The first-order chi connectivity index (χ1) is 9.17. The van der Waals surface area contributed by atoms with Gasteiger partial charge in [-0.3, -0.25) is 0 Å². The zero-order valence-corrected chi connectivity index (χ0v) is 12.7. The fourth-order valence-electron chi connectivity index (χ4n) is 2.85. The van der Waals surface area contributed by atoms with Crippen LogP contribution in [0.3, 0.4) is 0 Å². The van der Waals surface area contributed by atoms with Gasteiger partial charge in [-0.2, -0.15) is 0 Å². The maximum absolute atomic E-state index is 5.76. The normalized spacial score (nSPS) is 23.3. The summed E-state index contributed by atoms with van der Waals surface area (Å²) in [6.07, 6.45) is 8.74. The third kappa shape index (κ3) is 4.56. The number of rotatable bonds is 5. The van der Waals surface area contributed by atoms with E-state index in [4.69, 9.17) is 5.73 Å². The summed E-state index contributed by atoms with van der Waals surface area (Å²) in [5.74, 6) is 3.15. The molecule has 2 rings (SSSR count). The van der Waals surface area contributed by atoms with Gasteiger partial charge in [-0.15, -0.1) is 0 Å². The molecular formula is C14H24N4S. The highest BCUT2D eigenvalue weighted by Gasteiger charge is 2.18. The fourth-order valence-corrected chi connectivity index (χ4v) is 3.24. The minimum atomic E-state index is 0.535.